The molecule has 4 rings (SSSR count). The van der Waals surface area contributed by atoms with Gasteiger partial charge in [-0.1, -0.05) is 24.3 Å². The highest BCUT2D eigenvalue weighted by atomic mass is 19.3. The summed E-state index contributed by atoms with van der Waals surface area (Å²) in [6.45, 7) is 3.44. The minimum atomic E-state index is -2.85. The molecule has 3 aromatic rings. The Morgan fingerprint density at radius 2 is 1.78 bits per heavy atom. The van der Waals surface area contributed by atoms with E-state index in [-0.39, 0.29) is 17.6 Å². The molecular formula is C28H32F2N4O3. The number of likely N-dealkylation sites (tertiary alicyclic amines) is 1. The van der Waals surface area contributed by atoms with Crippen LogP contribution in [0.3, 0.4) is 0 Å². The first kappa shape index (κ1) is 26.5. The maximum atomic E-state index is 12.3. The minimum Gasteiger partial charge on any atom is -0.466 e. The first-order valence-corrected chi connectivity index (χ1v) is 12.5. The van der Waals surface area contributed by atoms with Crippen molar-refractivity contribution in [2.24, 2.45) is 5.92 Å². The zero-order valence-corrected chi connectivity index (χ0v) is 21.1. The summed E-state index contributed by atoms with van der Waals surface area (Å²) in [7, 11) is 0. The lowest BCUT2D eigenvalue weighted by Crippen LogP contribution is -2.42. The molecule has 0 bridgehead atoms. The maximum absolute atomic E-state index is 12.3. The van der Waals surface area contributed by atoms with Gasteiger partial charge in [0.1, 0.15) is 5.75 Å². The van der Waals surface area contributed by atoms with E-state index in [0.29, 0.717) is 18.6 Å². The van der Waals surface area contributed by atoms with Gasteiger partial charge in [0.2, 0.25) is 5.95 Å². The average molecular weight is 511 g/mol. The van der Waals surface area contributed by atoms with Crippen molar-refractivity contribution in [3.8, 4) is 16.9 Å². The third-order valence-electron chi connectivity index (χ3n) is 6.55. The third kappa shape index (κ3) is 7.45. The zero-order valence-electron chi connectivity index (χ0n) is 21.1. The van der Waals surface area contributed by atoms with E-state index in [1.807, 2.05) is 19.1 Å². The molecule has 37 heavy (non-hydrogen) atoms. The van der Waals surface area contributed by atoms with Gasteiger partial charge in [-0.05, 0) is 81.6 Å². The molecule has 1 saturated heterocycles. The molecule has 0 amide bonds. The Morgan fingerprint density at radius 1 is 1.08 bits per heavy atom. The number of carbonyl (C=O) groups is 1. The number of ether oxygens (including phenoxy) is 2. The second-order valence-corrected chi connectivity index (χ2v) is 9.14. The molecule has 1 atom stereocenters. The van der Waals surface area contributed by atoms with Crippen molar-refractivity contribution in [1.29, 1.82) is 0 Å². The van der Waals surface area contributed by atoms with E-state index < -0.39 is 6.61 Å². The highest BCUT2D eigenvalue weighted by Crippen LogP contribution is 2.25. The number of benzene rings is 2. The molecule has 1 aliphatic rings. The largest absolute Gasteiger partial charge is 0.466 e. The van der Waals surface area contributed by atoms with E-state index in [4.69, 9.17) is 4.74 Å². The lowest BCUT2D eigenvalue weighted by atomic mass is 9.95. The fourth-order valence-corrected chi connectivity index (χ4v) is 4.58. The summed E-state index contributed by atoms with van der Waals surface area (Å²) in [5, 5.41) is 3.25. The van der Waals surface area contributed by atoms with Crippen molar-refractivity contribution in [3.63, 3.8) is 0 Å². The number of carbonyl (C=O) groups excluding carboxylic acids is 1. The van der Waals surface area contributed by atoms with Crippen LogP contribution in [0.5, 0.6) is 5.75 Å². The van der Waals surface area contributed by atoms with E-state index >= 15 is 0 Å². The molecule has 1 aliphatic heterocycles. The summed E-state index contributed by atoms with van der Waals surface area (Å²) in [5.41, 5.74) is 3.67. The standard InChI is InChI=1S/C28H32F2N4O3/c1-3-36-26(35)22-11-13-34(14-12-22)19(2)15-20-5-4-6-24(16-20)33-28-31-17-23(18-32-28)21-7-9-25(10-8-21)37-27(29)30/h4-10,16-19,22,27H,3,11-15H2,1-2H3,(H,31,32,33). The quantitative estimate of drug-likeness (QED) is 0.351. The molecule has 1 aromatic heterocycles. The Kier molecular flexibility index (Phi) is 9.00. The van der Waals surface area contributed by atoms with Crippen LogP contribution in [0, 0.1) is 5.92 Å². The number of nitrogens with one attached hydrogen (secondary N) is 1. The predicted molar refractivity (Wildman–Crippen MR) is 138 cm³/mol. The Morgan fingerprint density at radius 3 is 2.43 bits per heavy atom. The van der Waals surface area contributed by atoms with Crippen LogP contribution < -0.4 is 10.1 Å². The maximum Gasteiger partial charge on any atom is 0.387 e. The Balaban J connectivity index is 1.31. The molecule has 0 radical (unpaired) electrons. The first-order valence-electron chi connectivity index (χ1n) is 12.5. The van der Waals surface area contributed by atoms with Crippen LogP contribution in [0.25, 0.3) is 11.1 Å². The molecule has 0 spiro atoms. The van der Waals surface area contributed by atoms with Crippen LogP contribution in [-0.4, -0.2) is 53.2 Å². The van der Waals surface area contributed by atoms with Crippen molar-refractivity contribution in [3.05, 3.63) is 66.5 Å². The zero-order chi connectivity index (χ0) is 26.2. The second kappa shape index (κ2) is 12.6. The normalized spacial score (nSPS) is 15.4. The molecule has 7 nitrogen and oxygen atoms in total. The molecule has 1 fully saturated rings. The van der Waals surface area contributed by atoms with Crippen molar-refractivity contribution < 1.29 is 23.0 Å². The Bertz CT molecular complexity index is 1150. The summed E-state index contributed by atoms with van der Waals surface area (Å²) in [6.07, 6.45) is 5.94. The van der Waals surface area contributed by atoms with Crippen LogP contribution in [0.4, 0.5) is 20.4 Å². The topological polar surface area (TPSA) is 76.6 Å². The summed E-state index contributed by atoms with van der Waals surface area (Å²) in [5.74, 6) is 0.517. The molecule has 0 saturated carbocycles. The number of aromatic nitrogens is 2. The first-order chi connectivity index (χ1) is 17.9. The van der Waals surface area contributed by atoms with Crippen LogP contribution in [0.1, 0.15) is 32.3 Å². The lowest BCUT2D eigenvalue weighted by Gasteiger charge is -2.35. The molecular weight excluding hydrogens is 478 g/mol. The van der Waals surface area contributed by atoms with Gasteiger partial charge < -0.3 is 19.7 Å². The lowest BCUT2D eigenvalue weighted by molar-refractivity contribution is -0.149. The van der Waals surface area contributed by atoms with Crippen LogP contribution in [0.15, 0.2) is 60.9 Å². The molecule has 1 N–H and O–H groups in total. The van der Waals surface area contributed by atoms with Gasteiger partial charge in [0.05, 0.1) is 12.5 Å². The Labute approximate surface area is 215 Å². The van der Waals surface area contributed by atoms with Crippen molar-refractivity contribution in [1.82, 2.24) is 14.9 Å². The number of hydrogen-bond acceptors (Lipinski definition) is 7. The monoisotopic (exact) mass is 510 g/mol. The van der Waals surface area contributed by atoms with Crippen LogP contribution >= 0.6 is 0 Å². The number of halogens is 2. The van der Waals surface area contributed by atoms with Gasteiger partial charge in [-0.3, -0.25) is 4.79 Å². The van der Waals surface area contributed by atoms with Gasteiger partial charge in [0.15, 0.2) is 0 Å². The van der Waals surface area contributed by atoms with Crippen molar-refractivity contribution in [2.45, 2.75) is 45.8 Å². The summed E-state index contributed by atoms with van der Waals surface area (Å²) in [4.78, 5) is 23.2. The van der Waals surface area contributed by atoms with E-state index in [1.165, 1.54) is 17.7 Å². The number of piperidine rings is 1. The molecule has 1 unspecified atom stereocenters. The smallest absolute Gasteiger partial charge is 0.387 e. The second-order valence-electron chi connectivity index (χ2n) is 9.14. The van der Waals surface area contributed by atoms with Gasteiger partial charge in [0.25, 0.3) is 0 Å². The van der Waals surface area contributed by atoms with Gasteiger partial charge in [-0.25, -0.2) is 9.97 Å². The van der Waals surface area contributed by atoms with E-state index in [9.17, 15) is 13.6 Å². The van der Waals surface area contributed by atoms with Crippen LogP contribution in [-0.2, 0) is 16.0 Å². The molecule has 2 aromatic carbocycles. The highest BCUT2D eigenvalue weighted by Gasteiger charge is 2.28. The molecule has 196 valence electrons. The summed E-state index contributed by atoms with van der Waals surface area (Å²) >= 11 is 0. The van der Waals surface area contributed by atoms with Gasteiger partial charge in [-0.2, -0.15) is 8.78 Å². The van der Waals surface area contributed by atoms with Crippen LogP contribution in [0.2, 0.25) is 0 Å². The SMILES string of the molecule is CCOC(=O)C1CCN(C(C)Cc2cccc(Nc3ncc(-c4ccc(OC(F)F)cc4)cn3)c2)CC1. The fraction of sp³-hybridized carbons (Fsp3) is 0.393. The minimum absolute atomic E-state index is 0.0150. The number of alkyl halides is 2. The predicted octanol–water partition coefficient (Wildman–Crippen LogP) is 5.69. The van der Waals surface area contributed by atoms with Gasteiger partial charge in [0, 0.05) is 29.7 Å². The number of nitrogens with zero attached hydrogens (tertiary/aromatic N) is 3. The van der Waals surface area contributed by atoms with Gasteiger partial charge >= 0.3 is 12.6 Å². The van der Waals surface area contributed by atoms with E-state index in [2.05, 4.69) is 44.0 Å². The molecule has 9 heteroatoms. The van der Waals surface area contributed by atoms with Crippen molar-refractivity contribution in [2.75, 3.05) is 25.0 Å². The van der Waals surface area contributed by atoms with Gasteiger partial charge in [-0.15, -0.1) is 0 Å². The van der Waals surface area contributed by atoms with E-state index in [1.54, 1.807) is 24.5 Å². The summed E-state index contributed by atoms with van der Waals surface area (Å²) in [6, 6.07) is 14.9. The highest BCUT2D eigenvalue weighted by molar-refractivity contribution is 5.72. The molecule has 0 aliphatic carbocycles. The van der Waals surface area contributed by atoms with E-state index in [0.717, 1.165) is 49.2 Å². The number of anilines is 2. The average Bonchev–Trinajstić information content (AvgIpc) is 2.90. The number of rotatable bonds is 10. The van der Waals surface area contributed by atoms with Crippen molar-refractivity contribution >= 4 is 17.6 Å². The number of esters is 1. The Hall–Kier alpha value is -3.59. The fourth-order valence-electron chi connectivity index (χ4n) is 4.58. The summed E-state index contributed by atoms with van der Waals surface area (Å²) < 4.78 is 34.2. The number of hydrogen-bond donors (Lipinski definition) is 1. The third-order valence-corrected chi connectivity index (χ3v) is 6.55. The molecule has 2 heterocycles.